The minimum Gasteiger partial charge on any atom is -0.357 e. The van der Waals surface area contributed by atoms with Crippen molar-refractivity contribution in [1.82, 2.24) is 19.4 Å². The second-order valence-electron chi connectivity index (χ2n) is 6.58. The van der Waals surface area contributed by atoms with Crippen molar-refractivity contribution in [2.75, 3.05) is 58.6 Å². The van der Waals surface area contributed by atoms with Crippen LogP contribution in [0.25, 0.3) is 0 Å². The molecule has 0 aromatic rings. The van der Waals surface area contributed by atoms with E-state index in [-0.39, 0.29) is 0 Å². The van der Waals surface area contributed by atoms with E-state index in [1.54, 1.807) is 6.92 Å². The van der Waals surface area contributed by atoms with Crippen LogP contribution in [0.3, 0.4) is 0 Å². The maximum Gasteiger partial charge on any atom is 0.403 e. The third kappa shape index (κ3) is 7.82. The van der Waals surface area contributed by atoms with E-state index in [1.807, 2.05) is 11.8 Å². The van der Waals surface area contributed by atoms with Gasteiger partial charge in [0, 0.05) is 52.4 Å². The van der Waals surface area contributed by atoms with Gasteiger partial charge in [-0.3, -0.25) is 9.89 Å². The zero-order chi connectivity index (χ0) is 20.7. The van der Waals surface area contributed by atoms with Crippen LogP contribution >= 0.6 is 0 Å². The second-order valence-corrected chi connectivity index (χ2v) is 8.57. The van der Waals surface area contributed by atoms with E-state index in [0.717, 1.165) is 0 Å². The van der Waals surface area contributed by atoms with Crippen molar-refractivity contribution in [3.05, 3.63) is 0 Å². The molecule has 160 valence electrons. The van der Waals surface area contributed by atoms with Gasteiger partial charge in [0.1, 0.15) is 6.04 Å². The first-order chi connectivity index (χ1) is 12.5. The van der Waals surface area contributed by atoms with Crippen molar-refractivity contribution >= 4 is 16.0 Å². The lowest BCUT2D eigenvalue weighted by Crippen LogP contribution is -2.56. The minimum atomic E-state index is -4.22. The Bertz CT molecular complexity index is 575. The topological polar surface area (TPSA) is 68.2 Å². The number of halogens is 3. The third-order valence-corrected chi connectivity index (χ3v) is 6.00. The number of guanidine groups is 1. The summed E-state index contributed by atoms with van der Waals surface area (Å²) in [7, 11) is -3.21. The van der Waals surface area contributed by atoms with Gasteiger partial charge in [0.05, 0.1) is 6.26 Å². The number of alkyl halides is 3. The van der Waals surface area contributed by atoms with Crippen molar-refractivity contribution in [3.63, 3.8) is 0 Å². The second kappa shape index (κ2) is 10.5. The number of hydrogen-bond acceptors (Lipinski definition) is 4. The maximum atomic E-state index is 12.9. The van der Waals surface area contributed by atoms with Crippen LogP contribution in [0.4, 0.5) is 13.2 Å². The first-order valence-corrected chi connectivity index (χ1v) is 11.1. The fourth-order valence-electron chi connectivity index (χ4n) is 2.94. The highest BCUT2D eigenvalue weighted by molar-refractivity contribution is 7.88. The molecule has 0 aliphatic carbocycles. The molecule has 1 saturated heterocycles. The highest BCUT2D eigenvalue weighted by Gasteiger charge is 2.41. The molecule has 0 saturated carbocycles. The van der Waals surface area contributed by atoms with Crippen LogP contribution in [0, 0.1) is 0 Å². The van der Waals surface area contributed by atoms with Crippen LogP contribution in [0.1, 0.15) is 27.2 Å². The average molecular weight is 416 g/mol. The number of aliphatic imine (C=N–C) groups is 1. The van der Waals surface area contributed by atoms with Gasteiger partial charge >= 0.3 is 6.18 Å². The van der Waals surface area contributed by atoms with Crippen LogP contribution in [0.15, 0.2) is 4.99 Å². The number of nitrogens with zero attached hydrogens (tertiary/aromatic N) is 4. The van der Waals surface area contributed by atoms with Crippen LogP contribution in [0.5, 0.6) is 0 Å². The molecule has 1 aliphatic heterocycles. The lowest BCUT2D eigenvalue weighted by atomic mass is 10.2. The molecule has 0 aromatic heterocycles. The molecule has 11 heteroatoms. The fraction of sp³-hybridized carbons (Fsp3) is 0.938. The summed E-state index contributed by atoms with van der Waals surface area (Å²) < 4.78 is 63.1. The Kier molecular flexibility index (Phi) is 9.29. The Hall–Kier alpha value is -1.07. The predicted octanol–water partition coefficient (Wildman–Crippen LogP) is 1.19. The van der Waals surface area contributed by atoms with Gasteiger partial charge in [-0.05, 0) is 20.3 Å². The molecule has 27 heavy (non-hydrogen) atoms. The van der Waals surface area contributed by atoms with E-state index in [1.165, 1.54) is 22.4 Å². The normalized spacial score (nSPS) is 18.8. The molecule has 1 aliphatic rings. The van der Waals surface area contributed by atoms with Crippen molar-refractivity contribution < 1.29 is 21.6 Å². The summed E-state index contributed by atoms with van der Waals surface area (Å²) in [5, 5.41) is 3.16. The SMILES string of the molecule is CCNC(=NCCCN(CC)S(C)(=O)=O)N1CCN(C(C)C(F)(F)F)CC1. The highest BCUT2D eigenvalue weighted by atomic mass is 32.2. The number of nitrogens with one attached hydrogen (secondary N) is 1. The van der Waals surface area contributed by atoms with Crippen molar-refractivity contribution in [3.8, 4) is 0 Å². The lowest BCUT2D eigenvalue weighted by molar-refractivity contribution is -0.181. The van der Waals surface area contributed by atoms with Crippen LogP contribution in [-0.4, -0.2) is 99.3 Å². The summed E-state index contributed by atoms with van der Waals surface area (Å²) in [5.41, 5.74) is 0. The van der Waals surface area contributed by atoms with Gasteiger partial charge < -0.3 is 10.2 Å². The standard InChI is InChI=1S/C16H32F3N5O2S/c1-5-20-15(21-8-7-9-24(6-2)27(4,25)26)23-12-10-22(11-13-23)14(3)16(17,18)19/h14H,5-13H2,1-4H3,(H,20,21). The largest absolute Gasteiger partial charge is 0.403 e. The van der Waals surface area contributed by atoms with Crippen LogP contribution < -0.4 is 5.32 Å². The Morgan fingerprint density at radius 3 is 2.26 bits per heavy atom. The lowest BCUT2D eigenvalue weighted by Gasteiger charge is -2.39. The zero-order valence-electron chi connectivity index (χ0n) is 16.6. The molecule has 1 unspecified atom stereocenters. The van der Waals surface area contributed by atoms with Gasteiger partial charge in [0.25, 0.3) is 0 Å². The predicted molar refractivity (Wildman–Crippen MR) is 101 cm³/mol. The molecule has 0 spiro atoms. The molecule has 0 aromatic carbocycles. The molecule has 1 N–H and O–H groups in total. The van der Waals surface area contributed by atoms with Crippen molar-refractivity contribution in [1.29, 1.82) is 0 Å². The van der Waals surface area contributed by atoms with Gasteiger partial charge in [-0.2, -0.15) is 13.2 Å². The van der Waals surface area contributed by atoms with E-state index in [0.29, 0.717) is 64.7 Å². The van der Waals surface area contributed by atoms with E-state index < -0.39 is 22.2 Å². The van der Waals surface area contributed by atoms with E-state index in [2.05, 4.69) is 10.3 Å². The van der Waals surface area contributed by atoms with Crippen molar-refractivity contribution in [2.24, 2.45) is 4.99 Å². The number of hydrogen-bond donors (Lipinski definition) is 1. The van der Waals surface area contributed by atoms with E-state index in [4.69, 9.17) is 0 Å². The van der Waals surface area contributed by atoms with E-state index >= 15 is 0 Å². The first-order valence-electron chi connectivity index (χ1n) is 9.29. The number of sulfonamides is 1. The van der Waals surface area contributed by atoms with Crippen molar-refractivity contribution in [2.45, 2.75) is 39.4 Å². The number of piperazine rings is 1. The molecular formula is C16H32F3N5O2S. The molecule has 1 heterocycles. The van der Waals surface area contributed by atoms with Gasteiger partial charge in [-0.1, -0.05) is 6.92 Å². The Labute approximate surface area is 160 Å². The average Bonchev–Trinajstić information content (AvgIpc) is 2.58. The van der Waals surface area contributed by atoms with Gasteiger partial charge in [-0.15, -0.1) is 0 Å². The van der Waals surface area contributed by atoms with Gasteiger partial charge in [-0.25, -0.2) is 12.7 Å². The Balaban J connectivity index is 2.57. The summed E-state index contributed by atoms with van der Waals surface area (Å²) >= 11 is 0. The molecule has 1 atom stereocenters. The summed E-state index contributed by atoms with van der Waals surface area (Å²) in [6.45, 7) is 8.41. The quantitative estimate of drug-likeness (QED) is 0.367. The van der Waals surface area contributed by atoms with E-state index in [9.17, 15) is 21.6 Å². The molecule has 0 amide bonds. The smallest absolute Gasteiger partial charge is 0.357 e. The molecule has 1 fully saturated rings. The Morgan fingerprint density at radius 2 is 1.81 bits per heavy atom. The summed E-state index contributed by atoms with van der Waals surface area (Å²) in [6.07, 6.45) is -2.45. The zero-order valence-corrected chi connectivity index (χ0v) is 17.4. The molecule has 0 radical (unpaired) electrons. The molecular weight excluding hydrogens is 383 g/mol. The molecule has 7 nitrogen and oxygen atoms in total. The summed E-state index contributed by atoms with van der Waals surface area (Å²) in [6, 6.07) is -1.45. The highest BCUT2D eigenvalue weighted by Crippen LogP contribution is 2.25. The van der Waals surface area contributed by atoms with Gasteiger partial charge in [0.15, 0.2) is 5.96 Å². The van der Waals surface area contributed by atoms with Crippen LogP contribution in [-0.2, 0) is 10.0 Å². The molecule has 1 rings (SSSR count). The molecule has 0 bridgehead atoms. The Morgan fingerprint density at radius 1 is 1.22 bits per heavy atom. The fourth-order valence-corrected chi connectivity index (χ4v) is 3.87. The first kappa shape index (κ1) is 24.0. The van der Waals surface area contributed by atoms with Gasteiger partial charge in [0.2, 0.25) is 10.0 Å². The maximum absolute atomic E-state index is 12.9. The summed E-state index contributed by atoms with van der Waals surface area (Å²) in [5.74, 6) is 0.666. The minimum absolute atomic E-state index is 0.322. The monoisotopic (exact) mass is 415 g/mol. The summed E-state index contributed by atoms with van der Waals surface area (Å²) in [4.78, 5) is 7.90. The number of rotatable bonds is 8. The van der Waals surface area contributed by atoms with Crippen LogP contribution in [0.2, 0.25) is 0 Å². The third-order valence-electron chi connectivity index (χ3n) is 4.62.